The van der Waals surface area contributed by atoms with Gasteiger partial charge < -0.3 is 11.1 Å². The van der Waals surface area contributed by atoms with E-state index in [1.54, 1.807) is 0 Å². The lowest BCUT2D eigenvalue weighted by atomic mass is 10.2. The summed E-state index contributed by atoms with van der Waals surface area (Å²) < 4.78 is 55.2. The zero-order valence-corrected chi connectivity index (χ0v) is 16.0. The molecule has 0 saturated carbocycles. The standard InChI is InChI=1S/C20H15F2N3O4S/c21-16-4-2-1-3-15(16)20(27)24-18-10-9-14(11-17(18)22)30(28,29)25-13-7-5-12(6-8-13)19(23)26/h1-11,25H,(H2,23,26)(H,24,27). The summed E-state index contributed by atoms with van der Waals surface area (Å²) >= 11 is 0. The van der Waals surface area contributed by atoms with E-state index in [-0.39, 0.29) is 22.5 Å². The minimum Gasteiger partial charge on any atom is -0.366 e. The number of carbonyl (C=O) groups excluding carboxylic acids is 2. The van der Waals surface area contributed by atoms with Crippen LogP contribution in [0.4, 0.5) is 20.2 Å². The molecule has 0 bridgehead atoms. The highest BCUT2D eigenvalue weighted by molar-refractivity contribution is 7.92. The van der Waals surface area contributed by atoms with Crippen LogP contribution in [0.15, 0.2) is 71.6 Å². The van der Waals surface area contributed by atoms with Crippen LogP contribution in [0.25, 0.3) is 0 Å². The number of hydrogen-bond acceptors (Lipinski definition) is 4. The topological polar surface area (TPSA) is 118 Å². The summed E-state index contributed by atoms with van der Waals surface area (Å²) in [4.78, 5) is 22.8. The van der Waals surface area contributed by atoms with Gasteiger partial charge in [-0.3, -0.25) is 14.3 Å². The molecule has 3 rings (SSSR count). The molecule has 3 aromatic carbocycles. The van der Waals surface area contributed by atoms with E-state index >= 15 is 0 Å². The number of rotatable bonds is 6. The molecule has 0 saturated heterocycles. The van der Waals surface area contributed by atoms with Gasteiger partial charge in [0.05, 0.1) is 16.1 Å². The second-order valence-electron chi connectivity index (χ2n) is 6.12. The molecule has 0 aliphatic rings. The Balaban J connectivity index is 1.79. The summed E-state index contributed by atoms with van der Waals surface area (Å²) in [5, 5.41) is 2.20. The number of nitrogens with two attached hydrogens (primary N) is 1. The fourth-order valence-corrected chi connectivity index (χ4v) is 3.59. The number of sulfonamides is 1. The van der Waals surface area contributed by atoms with Gasteiger partial charge in [-0.25, -0.2) is 17.2 Å². The average Bonchev–Trinajstić information content (AvgIpc) is 2.69. The van der Waals surface area contributed by atoms with Gasteiger partial charge in [-0.15, -0.1) is 0 Å². The second-order valence-corrected chi connectivity index (χ2v) is 7.81. The summed E-state index contributed by atoms with van der Waals surface area (Å²) in [6.45, 7) is 0. The van der Waals surface area contributed by atoms with E-state index in [9.17, 15) is 26.8 Å². The molecule has 0 radical (unpaired) electrons. The Morgan fingerprint density at radius 1 is 0.867 bits per heavy atom. The maximum Gasteiger partial charge on any atom is 0.261 e. The minimum absolute atomic E-state index is 0.136. The van der Waals surface area contributed by atoms with Gasteiger partial charge in [0.15, 0.2) is 0 Å². The molecule has 0 aliphatic carbocycles. The lowest BCUT2D eigenvalue weighted by Gasteiger charge is -2.11. The smallest absolute Gasteiger partial charge is 0.261 e. The van der Waals surface area contributed by atoms with E-state index in [1.165, 1.54) is 42.5 Å². The van der Waals surface area contributed by atoms with Gasteiger partial charge >= 0.3 is 0 Å². The Morgan fingerprint density at radius 3 is 2.13 bits per heavy atom. The van der Waals surface area contributed by atoms with Crippen molar-refractivity contribution in [1.82, 2.24) is 0 Å². The molecule has 2 amide bonds. The number of amides is 2. The number of hydrogen-bond donors (Lipinski definition) is 3. The van der Waals surface area contributed by atoms with Crippen molar-refractivity contribution in [1.29, 1.82) is 0 Å². The first-order valence-corrected chi connectivity index (χ1v) is 9.94. The van der Waals surface area contributed by atoms with E-state index in [0.717, 1.165) is 24.3 Å². The summed E-state index contributed by atoms with van der Waals surface area (Å²) in [5.74, 6) is -3.34. The van der Waals surface area contributed by atoms with Crippen molar-refractivity contribution in [3.8, 4) is 0 Å². The van der Waals surface area contributed by atoms with Crippen LogP contribution in [0.1, 0.15) is 20.7 Å². The normalized spacial score (nSPS) is 11.0. The highest BCUT2D eigenvalue weighted by Crippen LogP contribution is 2.22. The Morgan fingerprint density at radius 2 is 1.53 bits per heavy atom. The maximum atomic E-state index is 14.4. The van der Waals surface area contributed by atoms with Gasteiger partial charge in [0.1, 0.15) is 11.6 Å². The molecule has 4 N–H and O–H groups in total. The Bertz CT molecular complexity index is 1230. The van der Waals surface area contributed by atoms with Crippen LogP contribution in [0, 0.1) is 11.6 Å². The molecule has 0 heterocycles. The van der Waals surface area contributed by atoms with Crippen molar-refractivity contribution >= 4 is 33.2 Å². The fraction of sp³-hybridized carbons (Fsp3) is 0. The van der Waals surface area contributed by atoms with Gasteiger partial charge in [0.25, 0.3) is 15.9 Å². The fourth-order valence-electron chi connectivity index (χ4n) is 2.52. The van der Waals surface area contributed by atoms with Crippen LogP contribution in [-0.2, 0) is 10.0 Å². The average molecular weight is 431 g/mol. The minimum atomic E-state index is -4.15. The van der Waals surface area contributed by atoms with Crippen molar-refractivity contribution in [2.75, 3.05) is 10.0 Å². The summed E-state index contributed by atoms with van der Waals surface area (Å²) in [5.41, 5.74) is 4.86. The van der Waals surface area contributed by atoms with E-state index < -0.39 is 38.4 Å². The number of halogens is 2. The first kappa shape index (κ1) is 20.9. The molecule has 10 heteroatoms. The third-order valence-electron chi connectivity index (χ3n) is 4.04. The third-order valence-corrected chi connectivity index (χ3v) is 5.42. The number of primary amides is 1. The van der Waals surface area contributed by atoms with Crippen molar-refractivity contribution in [3.63, 3.8) is 0 Å². The molecule has 30 heavy (non-hydrogen) atoms. The van der Waals surface area contributed by atoms with Crippen LogP contribution in [-0.4, -0.2) is 20.2 Å². The predicted octanol–water partition coefficient (Wildman–Crippen LogP) is 3.12. The van der Waals surface area contributed by atoms with Gasteiger partial charge in [-0.2, -0.15) is 0 Å². The highest BCUT2D eigenvalue weighted by Gasteiger charge is 2.19. The third kappa shape index (κ3) is 4.61. The Labute approximate surface area is 170 Å². The molecule has 0 unspecified atom stereocenters. The van der Waals surface area contributed by atoms with Crippen LogP contribution in [0.3, 0.4) is 0 Å². The van der Waals surface area contributed by atoms with Crippen LogP contribution in [0.2, 0.25) is 0 Å². The Hall–Kier alpha value is -3.79. The van der Waals surface area contributed by atoms with Gasteiger partial charge in [-0.05, 0) is 54.6 Å². The molecule has 0 atom stereocenters. The van der Waals surface area contributed by atoms with Gasteiger partial charge in [0.2, 0.25) is 5.91 Å². The van der Waals surface area contributed by atoms with Crippen LogP contribution < -0.4 is 15.8 Å². The second kappa shape index (κ2) is 8.29. The van der Waals surface area contributed by atoms with E-state index in [2.05, 4.69) is 10.0 Å². The molecule has 0 aromatic heterocycles. The lowest BCUT2D eigenvalue weighted by Crippen LogP contribution is -2.16. The predicted molar refractivity (Wildman–Crippen MR) is 107 cm³/mol. The molecule has 0 spiro atoms. The first-order valence-electron chi connectivity index (χ1n) is 8.45. The SMILES string of the molecule is NC(=O)c1ccc(NS(=O)(=O)c2ccc(NC(=O)c3ccccc3F)c(F)c2)cc1. The molecular formula is C20H15F2N3O4S. The van der Waals surface area contributed by atoms with Crippen molar-refractivity contribution in [2.45, 2.75) is 4.90 Å². The monoisotopic (exact) mass is 431 g/mol. The maximum absolute atomic E-state index is 14.4. The largest absolute Gasteiger partial charge is 0.366 e. The van der Waals surface area contributed by atoms with Gasteiger partial charge in [0, 0.05) is 11.3 Å². The van der Waals surface area contributed by atoms with Crippen molar-refractivity contribution in [2.24, 2.45) is 5.73 Å². The zero-order chi connectivity index (χ0) is 21.9. The molecule has 154 valence electrons. The number of benzene rings is 3. The number of carbonyl (C=O) groups is 2. The van der Waals surface area contributed by atoms with Crippen molar-refractivity contribution in [3.05, 3.63) is 89.5 Å². The number of nitrogens with one attached hydrogen (secondary N) is 2. The van der Waals surface area contributed by atoms with E-state index in [0.29, 0.717) is 0 Å². The van der Waals surface area contributed by atoms with Crippen molar-refractivity contribution < 1.29 is 26.8 Å². The molecule has 0 aliphatic heterocycles. The summed E-state index contributed by atoms with van der Waals surface area (Å²) in [7, 11) is -4.15. The zero-order valence-electron chi connectivity index (χ0n) is 15.2. The quantitative estimate of drug-likeness (QED) is 0.556. The molecular weight excluding hydrogens is 416 g/mol. The van der Waals surface area contributed by atoms with Crippen LogP contribution in [0.5, 0.6) is 0 Å². The Kier molecular flexibility index (Phi) is 5.79. The summed E-state index contributed by atoms with van der Waals surface area (Å²) in [6.07, 6.45) is 0. The highest BCUT2D eigenvalue weighted by atomic mass is 32.2. The van der Waals surface area contributed by atoms with Gasteiger partial charge in [-0.1, -0.05) is 12.1 Å². The number of anilines is 2. The van der Waals surface area contributed by atoms with Crippen LogP contribution >= 0.6 is 0 Å². The van der Waals surface area contributed by atoms with E-state index in [4.69, 9.17) is 5.73 Å². The molecule has 7 nitrogen and oxygen atoms in total. The summed E-state index contributed by atoms with van der Waals surface area (Å²) in [6, 6.07) is 13.4. The lowest BCUT2D eigenvalue weighted by molar-refractivity contribution is 0.0997. The first-order chi connectivity index (χ1) is 14.2. The molecule has 3 aromatic rings. The van der Waals surface area contributed by atoms with E-state index in [1.807, 2.05) is 0 Å². The molecule has 0 fully saturated rings.